The zero-order valence-electron chi connectivity index (χ0n) is 18.0. The normalized spacial score (nSPS) is 15.6. The van der Waals surface area contributed by atoms with E-state index in [0.717, 1.165) is 11.1 Å². The van der Waals surface area contributed by atoms with E-state index in [1.165, 1.54) is 0 Å². The van der Waals surface area contributed by atoms with E-state index < -0.39 is 5.79 Å². The van der Waals surface area contributed by atoms with Gasteiger partial charge >= 0.3 is 0 Å². The van der Waals surface area contributed by atoms with E-state index in [1.807, 2.05) is 49.5 Å². The SMILES string of the molecule is COC1(OC)CC(c2nc(-c3ccc(C)c(NC(=O)c4cnc5ccccn45)c3)no2)C1. The number of aromatic nitrogens is 4. The molecule has 1 saturated carbocycles. The number of hydrogen-bond donors (Lipinski definition) is 1. The number of imidazole rings is 1. The third kappa shape index (κ3) is 3.45. The summed E-state index contributed by atoms with van der Waals surface area (Å²) in [6, 6.07) is 11.3. The number of rotatable bonds is 6. The van der Waals surface area contributed by atoms with Crippen molar-refractivity contribution in [3.63, 3.8) is 0 Å². The summed E-state index contributed by atoms with van der Waals surface area (Å²) in [6.07, 6.45) is 4.70. The molecule has 32 heavy (non-hydrogen) atoms. The van der Waals surface area contributed by atoms with Gasteiger partial charge in [-0.25, -0.2) is 4.98 Å². The second kappa shape index (κ2) is 7.85. The first-order valence-corrected chi connectivity index (χ1v) is 10.3. The van der Waals surface area contributed by atoms with Gasteiger partial charge in [0.05, 0.1) is 6.20 Å². The zero-order valence-corrected chi connectivity index (χ0v) is 18.0. The standard InChI is InChI=1S/C23H23N5O4/c1-14-7-8-15(20-26-22(32-27-20)16-11-23(12-16,30-2)31-3)10-17(14)25-21(29)18-13-24-19-6-4-5-9-28(18)19/h4-10,13,16H,11-12H2,1-3H3,(H,25,29). The lowest BCUT2D eigenvalue weighted by atomic mass is 9.78. The van der Waals surface area contributed by atoms with Gasteiger partial charge in [0.15, 0.2) is 5.79 Å². The van der Waals surface area contributed by atoms with Gasteiger partial charge in [0.1, 0.15) is 11.3 Å². The Morgan fingerprint density at radius 3 is 2.81 bits per heavy atom. The van der Waals surface area contributed by atoms with Crippen molar-refractivity contribution < 1.29 is 18.8 Å². The summed E-state index contributed by atoms with van der Waals surface area (Å²) >= 11 is 0. The van der Waals surface area contributed by atoms with Crippen LogP contribution in [0.1, 0.15) is 40.7 Å². The molecular weight excluding hydrogens is 410 g/mol. The summed E-state index contributed by atoms with van der Waals surface area (Å²) in [5, 5.41) is 7.11. The van der Waals surface area contributed by atoms with Crippen molar-refractivity contribution in [3.05, 3.63) is 65.9 Å². The molecule has 0 saturated heterocycles. The van der Waals surface area contributed by atoms with Crippen LogP contribution in [0.3, 0.4) is 0 Å². The van der Waals surface area contributed by atoms with Gasteiger partial charge in [-0.3, -0.25) is 9.20 Å². The fraction of sp³-hybridized carbons (Fsp3) is 0.304. The molecule has 0 unspecified atom stereocenters. The maximum Gasteiger partial charge on any atom is 0.274 e. The monoisotopic (exact) mass is 433 g/mol. The van der Waals surface area contributed by atoms with Crippen LogP contribution in [0, 0.1) is 6.92 Å². The Balaban J connectivity index is 1.36. The number of benzene rings is 1. The van der Waals surface area contributed by atoms with E-state index in [-0.39, 0.29) is 11.8 Å². The van der Waals surface area contributed by atoms with Gasteiger partial charge in [-0.1, -0.05) is 23.4 Å². The summed E-state index contributed by atoms with van der Waals surface area (Å²) in [7, 11) is 3.27. The number of aryl methyl sites for hydroxylation is 1. The van der Waals surface area contributed by atoms with Gasteiger partial charge in [-0.2, -0.15) is 4.98 Å². The van der Waals surface area contributed by atoms with E-state index in [0.29, 0.717) is 41.6 Å². The van der Waals surface area contributed by atoms with Crippen LogP contribution in [0.2, 0.25) is 0 Å². The summed E-state index contributed by atoms with van der Waals surface area (Å²) in [5.41, 5.74) is 3.51. The highest BCUT2D eigenvalue weighted by molar-refractivity contribution is 6.04. The number of fused-ring (bicyclic) bond motifs is 1. The van der Waals surface area contributed by atoms with Crippen LogP contribution in [0.15, 0.2) is 53.3 Å². The van der Waals surface area contributed by atoms with Crippen molar-refractivity contribution >= 4 is 17.2 Å². The van der Waals surface area contributed by atoms with Crippen LogP contribution in [0.5, 0.6) is 0 Å². The van der Waals surface area contributed by atoms with Gasteiger partial charge in [0, 0.05) is 50.4 Å². The van der Waals surface area contributed by atoms with Crippen molar-refractivity contribution in [2.45, 2.75) is 31.5 Å². The first-order chi connectivity index (χ1) is 15.5. The predicted molar refractivity (Wildman–Crippen MR) is 116 cm³/mol. The molecule has 4 aromatic rings. The lowest BCUT2D eigenvalue weighted by Gasteiger charge is -2.43. The van der Waals surface area contributed by atoms with Crippen molar-refractivity contribution in [2.24, 2.45) is 0 Å². The van der Waals surface area contributed by atoms with Crippen molar-refractivity contribution in [3.8, 4) is 11.4 Å². The molecule has 3 heterocycles. The van der Waals surface area contributed by atoms with Crippen molar-refractivity contribution in [1.82, 2.24) is 19.5 Å². The third-order valence-corrected chi connectivity index (χ3v) is 6.04. The number of carbonyl (C=O) groups excluding carboxylic acids is 1. The lowest BCUT2D eigenvalue weighted by Crippen LogP contribution is -2.46. The Labute approximate surface area is 184 Å². The number of anilines is 1. The molecule has 9 heteroatoms. The lowest BCUT2D eigenvalue weighted by molar-refractivity contribution is -0.259. The fourth-order valence-electron chi connectivity index (χ4n) is 3.98. The molecule has 0 spiro atoms. The Kier molecular flexibility index (Phi) is 4.99. The van der Waals surface area contributed by atoms with Crippen molar-refractivity contribution in [1.29, 1.82) is 0 Å². The molecule has 1 aliphatic carbocycles. The van der Waals surface area contributed by atoms with E-state index in [4.69, 9.17) is 14.0 Å². The van der Waals surface area contributed by atoms with Crippen LogP contribution < -0.4 is 5.32 Å². The molecule has 164 valence electrons. The third-order valence-electron chi connectivity index (χ3n) is 6.04. The number of methoxy groups -OCH3 is 2. The molecule has 0 radical (unpaired) electrons. The minimum absolute atomic E-state index is 0.0934. The highest BCUT2D eigenvalue weighted by Gasteiger charge is 2.48. The van der Waals surface area contributed by atoms with E-state index in [9.17, 15) is 4.79 Å². The molecule has 5 rings (SSSR count). The summed E-state index contributed by atoms with van der Waals surface area (Å²) in [6.45, 7) is 1.93. The number of hydrogen-bond acceptors (Lipinski definition) is 7. The molecule has 0 aliphatic heterocycles. The van der Waals surface area contributed by atoms with Crippen LogP contribution in [0.4, 0.5) is 5.69 Å². The first kappa shape index (κ1) is 20.3. The predicted octanol–water partition coefficient (Wildman–Crippen LogP) is 3.81. The van der Waals surface area contributed by atoms with E-state index in [2.05, 4.69) is 20.4 Å². The maximum absolute atomic E-state index is 12.9. The van der Waals surface area contributed by atoms with Crippen LogP contribution >= 0.6 is 0 Å². The molecule has 0 bridgehead atoms. The molecular formula is C23H23N5O4. The Hall–Kier alpha value is -3.56. The number of amides is 1. The average Bonchev–Trinajstić information content (AvgIpc) is 3.43. The van der Waals surface area contributed by atoms with E-state index in [1.54, 1.807) is 24.8 Å². The van der Waals surface area contributed by atoms with E-state index >= 15 is 0 Å². The molecule has 0 atom stereocenters. The Morgan fingerprint density at radius 1 is 1.22 bits per heavy atom. The molecule has 1 amide bonds. The highest BCUT2D eigenvalue weighted by Crippen LogP contribution is 2.46. The molecule has 9 nitrogen and oxygen atoms in total. The molecule has 1 N–H and O–H groups in total. The second-order valence-electron chi connectivity index (χ2n) is 7.94. The topological polar surface area (TPSA) is 104 Å². The summed E-state index contributed by atoms with van der Waals surface area (Å²) in [5.74, 6) is 0.302. The molecule has 3 aromatic heterocycles. The number of nitrogens with zero attached hydrogens (tertiary/aromatic N) is 4. The van der Waals surface area contributed by atoms with Crippen molar-refractivity contribution in [2.75, 3.05) is 19.5 Å². The Bertz CT molecular complexity index is 1280. The highest BCUT2D eigenvalue weighted by atomic mass is 16.7. The number of carbonyl (C=O) groups is 1. The molecule has 1 fully saturated rings. The molecule has 1 aromatic carbocycles. The van der Waals surface area contributed by atoms with Crippen LogP contribution in [0.25, 0.3) is 17.0 Å². The van der Waals surface area contributed by atoms with Gasteiger partial charge in [0.2, 0.25) is 11.7 Å². The zero-order chi connectivity index (χ0) is 22.3. The van der Waals surface area contributed by atoms with Gasteiger partial charge in [-0.05, 0) is 30.7 Å². The minimum atomic E-state index is -0.571. The quantitative estimate of drug-likeness (QED) is 0.461. The minimum Gasteiger partial charge on any atom is -0.353 e. The van der Waals surface area contributed by atoms with Crippen LogP contribution in [-0.4, -0.2) is 45.4 Å². The molecule has 1 aliphatic rings. The number of ether oxygens (including phenoxy) is 2. The summed E-state index contributed by atoms with van der Waals surface area (Å²) in [4.78, 5) is 21.7. The first-order valence-electron chi connectivity index (χ1n) is 10.3. The maximum atomic E-state index is 12.9. The van der Waals surface area contributed by atoms with Gasteiger partial charge in [0.25, 0.3) is 5.91 Å². The average molecular weight is 433 g/mol. The number of pyridine rings is 1. The largest absolute Gasteiger partial charge is 0.353 e. The fourth-order valence-corrected chi connectivity index (χ4v) is 3.98. The summed E-state index contributed by atoms with van der Waals surface area (Å²) < 4.78 is 18.1. The van der Waals surface area contributed by atoms with Gasteiger partial charge in [-0.15, -0.1) is 0 Å². The smallest absolute Gasteiger partial charge is 0.274 e. The van der Waals surface area contributed by atoms with Crippen LogP contribution in [-0.2, 0) is 9.47 Å². The van der Waals surface area contributed by atoms with Gasteiger partial charge < -0.3 is 19.3 Å². The number of nitrogens with one attached hydrogen (secondary N) is 1. The second-order valence-corrected chi connectivity index (χ2v) is 7.94. The Morgan fingerprint density at radius 2 is 2.03 bits per heavy atom.